The predicted octanol–water partition coefficient (Wildman–Crippen LogP) is 1.62. The predicted molar refractivity (Wildman–Crippen MR) is 190 cm³/mol. The molecule has 3 heterocycles. The Hall–Kier alpha value is -5.34. The SMILES string of the molecule is CCn1c(C)cc(C)c(C(=O)N2CCCNC(=O)Cn3nc(-c4ccccc4)nc3[C@H](C)NC(=O)[C@@H](CC(C)C)NC(=O)[C@@H](C)NC(=O)C2)c1=O. The average Bonchev–Trinajstić information content (AvgIpc) is 3.49. The molecule has 3 aromatic rings. The maximum atomic E-state index is 13.9. The highest BCUT2D eigenvalue weighted by Gasteiger charge is 2.30. The first kappa shape index (κ1) is 38.5. The third kappa shape index (κ3) is 9.67. The molecular weight excluding hydrogens is 654 g/mol. The number of carbonyl (C=O) groups is 5. The summed E-state index contributed by atoms with van der Waals surface area (Å²) in [4.78, 5) is 86.7. The third-order valence-electron chi connectivity index (χ3n) is 8.67. The van der Waals surface area contributed by atoms with Crippen LogP contribution in [0, 0.1) is 19.8 Å². The molecule has 0 bridgehead atoms. The van der Waals surface area contributed by atoms with Crippen molar-refractivity contribution >= 4 is 29.5 Å². The first-order chi connectivity index (χ1) is 24.2. The van der Waals surface area contributed by atoms with E-state index in [4.69, 9.17) is 0 Å². The van der Waals surface area contributed by atoms with Crippen molar-refractivity contribution in [2.45, 2.75) is 92.5 Å². The number of rotatable bonds is 5. The fourth-order valence-electron chi connectivity index (χ4n) is 6.09. The van der Waals surface area contributed by atoms with Gasteiger partial charge in [0.25, 0.3) is 11.5 Å². The van der Waals surface area contributed by atoms with E-state index >= 15 is 0 Å². The Morgan fingerprint density at radius 2 is 1.63 bits per heavy atom. The van der Waals surface area contributed by atoms with Gasteiger partial charge in [-0.15, -0.1) is 0 Å². The zero-order valence-electron chi connectivity index (χ0n) is 30.4. The summed E-state index contributed by atoms with van der Waals surface area (Å²) in [5.41, 5.74) is 1.40. The van der Waals surface area contributed by atoms with Crippen LogP contribution in [0.3, 0.4) is 0 Å². The summed E-state index contributed by atoms with van der Waals surface area (Å²) < 4.78 is 2.93. The molecule has 4 N–H and O–H groups in total. The maximum Gasteiger partial charge on any atom is 0.263 e. The van der Waals surface area contributed by atoms with Gasteiger partial charge < -0.3 is 30.7 Å². The fraction of sp³-hybridized carbons (Fsp3) is 0.500. The van der Waals surface area contributed by atoms with Gasteiger partial charge in [0, 0.05) is 30.9 Å². The average molecular weight is 704 g/mol. The number of nitrogens with zero attached hydrogens (tertiary/aromatic N) is 5. The molecule has 1 aliphatic rings. The van der Waals surface area contributed by atoms with Gasteiger partial charge in [0.1, 0.15) is 30.0 Å². The second kappa shape index (κ2) is 17.1. The lowest BCUT2D eigenvalue weighted by atomic mass is 10.0. The van der Waals surface area contributed by atoms with Gasteiger partial charge in [0.05, 0.1) is 12.6 Å². The summed E-state index contributed by atoms with van der Waals surface area (Å²) in [6.45, 7) is 12.2. The van der Waals surface area contributed by atoms with Crippen molar-refractivity contribution < 1.29 is 24.0 Å². The summed E-state index contributed by atoms with van der Waals surface area (Å²) in [6.07, 6.45) is 0.569. The molecule has 0 fully saturated rings. The zero-order chi connectivity index (χ0) is 37.4. The number of benzene rings is 1. The van der Waals surface area contributed by atoms with E-state index in [0.717, 1.165) is 5.56 Å². The van der Waals surface area contributed by atoms with Crippen LogP contribution >= 0.6 is 0 Å². The van der Waals surface area contributed by atoms with Gasteiger partial charge in [-0.25, -0.2) is 9.67 Å². The maximum absolute atomic E-state index is 13.9. The number of aromatic nitrogens is 4. The molecule has 4 rings (SSSR count). The Kier molecular flexibility index (Phi) is 12.9. The van der Waals surface area contributed by atoms with E-state index in [-0.39, 0.29) is 43.4 Å². The Labute approximate surface area is 297 Å². The van der Waals surface area contributed by atoms with E-state index in [0.29, 0.717) is 35.9 Å². The Morgan fingerprint density at radius 3 is 2.29 bits per heavy atom. The van der Waals surface area contributed by atoms with Gasteiger partial charge in [0.2, 0.25) is 23.6 Å². The molecule has 0 radical (unpaired) electrons. The summed E-state index contributed by atoms with van der Waals surface area (Å²) in [6, 6.07) is 8.30. The largest absolute Gasteiger partial charge is 0.354 e. The minimum absolute atomic E-state index is 0.0296. The Balaban J connectivity index is 1.68. The van der Waals surface area contributed by atoms with Crippen LogP contribution < -0.4 is 26.8 Å². The highest BCUT2D eigenvalue weighted by atomic mass is 16.2. The van der Waals surface area contributed by atoms with Crippen LogP contribution in [0.15, 0.2) is 41.2 Å². The number of fused-ring (bicyclic) bond motifs is 1. The number of aryl methyl sites for hydroxylation is 2. The number of hydrogen-bond donors (Lipinski definition) is 4. The molecule has 2 aromatic heterocycles. The summed E-state index contributed by atoms with van der Waals surface area (Å²) in [5, 5.41) is 15.7. The molecular formula is C36H49N9O6. The number of hydrogen-bond acceptors (Lipinski definition) is 8. The molecule has 1 aromatic carbocycles. The number of pyridine rings is 1. The van der Waals surface area contributed by atoms with Crippen molar-refractivity contribution in [3.05, 3.63) is 69.4 Å². The summed E-state index contributed by atoms with van der Waals surface area (Å²) >= 11 is 0. The van der Waals surface area contributed by atoms with Gasteiger partial charge in [-0.05, 0) is 65.0 Å². The topological polar surface area (TPSA) is 189 Å². The Bertz CT molecular complexity index is 1820. The smallest absolute Gasteiger partial charge is 0.263 e. The highest BCUT2D eigenvalue weighted by molar-refractivity contribution is 5.98. The number of amides is 5. The van der Waals surface area contributed by atoms with Gasteiger partial charge in [-0.3, -0.25) is 28.8 Å². The molecule has 0 saturated heterocycles. The second-order valence-corrected chi connectivity index (χ2v) is 13.4. The van der Waals surface area contributed by atoms with Crippen LogP contribution in [0.4, 0.5) is 0 Å². The van der Waals surface area contributed by atoms with Crippen LogP contribution in [0.2, 0.25) is 0 Å². The van der Waals surface area contributed by atoms with Crippen molar-refractivity contribution in [1.82, 2.24) is 45.5 Å². The van der Waals surface area contributed by atoms with E-state index in [1.807, 2.05) is 44.2 Å². The van der Waals surface area contributed by atoms with Gasteiger partial charge >= 0.3 is 0 Å². The van der Waals surface area contributed by atoms with Crippen LogP contribution in [0.25, 0.3) is 11.4 Å². The lowest BCUT2D eigenvalue weighted by molar-refractivity contribution is -0.132. The van der Waals surface area contributed by atoms with Crippen molar-refractivity contribution in [3.8, 4) is 11.4 Å². The zero-order valence-corrected chi connectivity index (χ0v) is 30.4. The van der Waals surface area contributed by atoms with Gasteiger partial charge in [0.15, 0.2) is 5.82 Å². The molecule has 15 heteroatoms. The molecule has 0 spiro atoms. The molecule has 0 aliphatic carbocycles. The van der Waals surface area contributed by atoms with Gasteiger partial charge in [-0.2, -0.15) is 5.10 Å². The molecule has 51 heavy (non-hydrogen) atoms. The quantitative estimate of drug-likeness (QED) is 0.308. The Morgan fingerprint density at radius 1 is 0.922 bits per heavy atom. The summed E-state index contributed by atoms with van der Waals surface area (Å²) in [7, 11) is 0. The number of nitrogens with one attached hydrogen (secondary N) is 4. The van der Waals surface area contributed by atoms with E-state index in [1.165, 1.54) is 21.1 Å². The monoisotopic (exact) mass is 703 g/mol. The highest BCUT2D eigenvalue weighted by Crippen LogP contribution is 2.20. The van der Waals surface area contributed by atoms with Crippen molar-refractivity contribution in [2.24, 2.45) is 5.92 Å². The summed E-state index contributed by atoms with van der Waals surface area (Å²) in [5.74, 6) is -1.95. The van der Waals surface area contributed by atoms with E-state index < -0.39 is 53.9 Å². The van der Waals surface area contributed by atoms with Crippen molar-refractivity contribution in [1.29, 1.82) is 0 Å². The first-order valence-electron chi connectivity index (χ1n) is 17.4. The van der Waals surface area contributed by atoms with E-state index in [9.17, 15) is 28.8 Å². The molecule has 5 amide bonds. The van der Waals surface area contributed by atoms with Crippen LogP contribution in [-0.2, 0) is 32.3 Å². The lowest BCUT2D eigenvalue weighted by Gasteiger charge is -2.26. The van der Waals surface area contributed by atoms with Crippen LogP contribution in [-0.4, -0.2) is 85.5 Å². The van der Waals surface area contributed by atoms with Crippen LogP contribution in [0.5, 0.6) is 0 Å². The fourth-order valence-corrected chi connectivity index (χ4v) is 6.09. The molecule has 3 atom stereocenters. The minimum atomic E-state index is -1.05. The molecule has 274 valence electrons. The molecule has 0 unspecified atom stereocenters. The standard InChI is InChI=1S/C36H49N9O6/c1-8-44-23(5)18-22(4)30(36(44)51)35(50)43-16-12-15-37-28(46)20-45-32(41-31(42-45)26-13-10-9-11-14-26)24(6)39-34(49)27(17-21(2)3)40-33(48)25(7)38-29(47)19-43/h9-11,13-14,18,21,24-25,27H,8,12,15-17,19-20H2,1-7H3,(H,37,46)(H,38,47)(H,39,49)(H,40,48)/t24-,25+,27+/m0/s1. The van der Waals surface area contributed by atoms with Gasteiger partial charge in [-0.1, -0.05) is 44.2 Å². The minimum Gasteiger partial charge on any atom is -0.354 e. The van der Waals surface area contributed by atoms with Crippen molar-refractivity contribution in [2.75, 3.05) is 19.6 Å². The normalized spacial score (nSPS) is 19.9. The number of carbonyl (C=O) groups excluding carboxylic acids is 5. The molecule has 15 nitrogen and oxygen atoms in total. The molecule has 1 aliphatic heterocycles. The third-order valence-corrected chi connectivity index (χ3v) is 8.67. The van der Waals surface area contributed by atoms with Crippen LogP contribution in [0.1, 0.15) is 80.9 Å². The molecule has 0 saturated carbocycles. The van der Waals surface area contributed by atoms with E-state index in [1.54, 1.807) is 33.8 Å². The van der Waals surface area contributed by atoms with Crippen molar-refractivity contribution in [3.63, 3.8) is 0 Å². The van der Waals surface area contributed by atoms with E-state index in [2.05, 4.69) is 31.3 Å². The second-order valence-electron chi connectivity index (χ2n) is 13.4. The first-order valence-corrected chi connectivity index (χ1v) is 17.4. The lowest BCUT2D eigenvalue weighted by Crippen LogP contribution is -2.54.